The van der Waals surface area contributed by atoms with E-state index in [0.29, 0.717) is 17.3 Å². The molecule has 18 heavy (non-hydrogen) atoms. The number of hydrogen-bond donors (Lipinski definition) is 1. The van der Waals surface area contributed by atoms with Gasteiger partial charge in [0.1, 0.15) is 4.90 Å². The molecule has 0 spiro atoms. The van der Waals surface area contributed by atoms with Gasteiger partial charge in [0.25, 0.3) is 0 Å². The highest BCUT2D eigenvalue weighted by Crippen LogP contribution is 2.29. The molecule has 6 heteroatoms. The quantitative estimate of drug-likeness (QED) is 0.861. The molecule has 1 N–H and O–H groups in total. The van der Waals surface area contributed by atoms with E-state index < -0.39 is 10.0 Å². The maximum atomic E-state index is 12.0. The number of sulfonamides is 1. The fourth-order valence-electron chi connectivity index (χ4n) is 2.20. The molecule has 4 nitrogen and oxygen atoms in total. The Hall–Kier alpha value is -0.460. The van der Waals surface area contributed by atoms with Crippen LogP contribution in [0.1, 0.15) is 25.7 Å². The van der Waals surface area contributed by atoms with Gasteiger partial charge in [0, 0.05) is 23.8 Å². The van der Waals surface area contributed by atoms with E-state index in [-0.39, 0.29) is 4.90 Å². The molecule has 0 aliphatic heterocycles. The highest BCUT2D eigenvalue weighted by molar-refractivity contribution is 9.09. The van der Waals surface area contributed by atoms with Crippen LogP contribution >= 0.6 is 15.9 Å². The van der Waals surface area contributed by atoms with Gasteiger partial charge in [-0.05, 0) is 30.9 Å². The smallest absolute Gasteiger partial charge is 0.242 e. The third-order valence-electron chi connectivity index (χ3n) is 3.30. The van der Waals surface area contributed by atoms with Crippen molar-refractivity contribution in [3.8, 4) is 0 Å². The van der Waals surface area contributed by atoms with Crippen molar-refractivity contribution < 1.29 is 8.42 Å². The van der Waals surface area contributed by atoms with E-state index in [2.05, 4.69) is 25.6 Å². The second kappa shape index (κ2) is 6.12. The van der Waals surface area contributed by atoms with Crippen molar-refractivity contribution in [3.05, 3.63) is 24.5 Å². The normalized spacial score (nSPS) is 24.9. The molecule has 100 valence electrons. The molecule has 2 atom stereocenters. The first-order valence-electron chi connectivity index (χ1n) is 6.13. The van der Waals surface area contributed by atoms with Crippen molar-refractivity contribution in [2.45, 2.75) is 35.4 Å². The van der Waals surface area contributed by atoms with E-state index in [1.165, 1.54) is 19.0 Å². The van der Waals surface area contributed by atoms with Gasteiger partial charge in [-0.1, -0.05) is 28.8 Å². The molecule has 0 radical (unpaired) electrons. The Morgan fingerprint density at radius 2 is 2.17 bits per heavy atom. The number of nitrogens with one attached hydrogen (secondary N) is 1. The third kappa shape index (κ3) is 3.52. The van der Waals surface area contributed by atoms with Gasteiger partial charge in [0.15, 0.2) is 0 Å². The van der Waals surface area contributed by atoms with E-state index >= 15 is 0 Å². The van der Waals surface area contributed by atoms with Gasteiger partial charge in [-0.3, -0.25) is 4.98 Å². The van der Waals surface area contributed by atoms with E-state index in [9.17, 15) is 8.42 Å². The van der Waals surface area contributed by atoms with Crippen LogP contribution in [0.25, 0.3) is 0 Å². The van der Waals surface area contributed by atoms with Crippen molar-refractivity contribution in [2.75, 3.05) is 6.54 Å². The molecule has 1 aromatic heterocycles. The predicted molar refractivity (Wildman–Crippen MR) is 74.1 cm³/mol. The molecule has 1 heterocycles. The molecule has 0 aromatic carbocycles. The fourth-order valence-corrected chi connectivity index (χ4v) is 4.03. The lowest BCUT2D eigenvalue weighted by Crippen LogP contribution is -2.34. The van der Waals surface area contributed by atoms with E-state index in [0.717, 1.165) is 12.8 Å². The van der Waals surface area contributed by atoms with Crippen molar-refractivity contribution in [1.82, 2.24) is 9.71 Å². The van der Waals surface area contributed by atoms with Crippen LogP contribution in [0.15, 0.2) is 29.4 Å². The Balaban J connectivity index is 1.97. The molecule has 1 aliphatic carbocycles. The van der Waals surface area contributed by atoms with Gasteiger partial charge in [-0.15, -0.1) is 0 Å². The Bertz CT molecular complexity index is 478. The number of aromatic nitrogens is 1. The summed E-state index contributed by atoms with van der Waals surface area (Å²) in [6.45, 7) is 0.493. The SMILES string of the molecule is O=S(=O)(NCC1CCCCC1Br)c1cccnc1. The molecule has 1 aromatic rings. The summed E-state index contributed by atoms with van der Waals surface area (Å²) in [5.41, 5.74) is 0. The summed E-state index contributed by atoms with van der Waals surface area (Å²) in [6.07, 6.45) is 7.54. The molecule has 1 aliphatic rings. The Morgan fingerprint density at radius 3 is 2.83 bits per heavy atom. The summed E-state index contributed by atoms with van der Waals surface area (Å²) >= 11 is 3.63. The van der Waals surface area contributed by atoms with Crippen LogP contribution in [0.3, 0.4) is 0 Å². The minimum absolute atomic E-state index is 0.229. The minimum atomic E-state index is -3.42. The van der Waals surface area contributed by atoms with Crippen LogP contribution in [0.5, 0.6) is 0 Å². The largest absolute Gasteiger partial charge is 0.263 e. The molecule has 0 amide bonds. The Morgan fingerprint density at radius 1 is 1.39 bits per heavy atom. The van der Waals surface area contributed by atoms with Crippen molar-refractivity contribution in [1.29, 1.82) is 0 Å². The molecule has 1 saturated carbocycles. The first-order valence-corrected chi connectivity index (χ1v) is 8.53. The van der Waals surface area contributed by atoms with E-state index in [1.807, 2.05) is 0 Å². The molecule has 2 unspecified atom stereocenters. The van der Waals surface area contributed by atoms with Gasteiger partial charge < -0.3 is 0 Å². The lowest BCUT2D eigenvalue weighted by Gasteiger charge is -2.27. The number of rotatable bonds is 4. The monoisotopic (exact) mass is 332 g/mol. The number of pyridine rings is 1. The van der Waals surface area contributed by atoms with Crippen molar-refractivity contribution in [3.63, 3.8) is 0 Å². The van der Waals surface area contributed by atoms with Gasteiger partial charge in [-0.2, -0.15) is 0 Å². The zero-order valence-corrected chi connectivity index (χ0v) is 12.5. The third-order valence-corrected chi connectivity index (χ3v) is 5.91. The maximum Gasteiger partial charge on any atom is 0.242 e. The lowest BCUT2D eigenvalue weighted by molar-refractivity contribution is 0.373. The van der Waals surface area contributed by atoms with Crippen LogP contribution in [0.4, 0.5) is 0 Å². The van der Waals surface area contributed by atoms with Crippen LogP contribution in [-0.4, -0.2) is 24.8 Å². The van der Waals surface area contributed by atoms with Crippen molar-refractivity contribution in [2.24, 2.45) is 5.92 Å². The number of halogens is 1. The number of alkyl halides is 1. The summed E-state index contributed by atoms with van der Waals surface area (Å²) in [4.78, 5) is 4.48. The molecule has 1 fully saturated rings. The molecular weight excluding hydrogens is 316 g/mol. The highest BCUT2D eigenvalue weighted by Gasteiger charge is 2.24. The van der Waals surface area contributed by atoms with Gasteiger partial charge in [0.05, 0.1) is 0 Å². The molecule has 0 bridgehead atoms. The van der Waals surface area contributed by atoms with E-state index in [4.69, 9.17) is 0 Å². The van der Waals surface area contributed by atoms with Gasteiger partial charge in [0.2, 0.25) is 10.0 Å². The summed E-state index contributed by atoms with van der Waals surface area (Å²) in [5, 5.41) is 0. The zero-order chi connectivity index (χ0) is 13.0. The Labute approximate surface area is 116 Å². The topological polar surface area (TPSA) is 59.1 Å². The lowest BCUT2D eigenvalue weighted by atomic mass is 9.89. The summed E-state index contributed by atoms with van der Waals surface area (Å²) in [5.74, 6) is 0.380. The maximum absolute atomic E-state index is 12.0. The fraction of sp³-hybridized carbons (Fsp3) is 0.583. The summed E-state index contributed by atoms with van der Waals surface area (Å²) in [6, 6.07) is 3.18. The van der Waals surface area contributed by atoms with Crippen LogP contribution in [0, 0.1) is 5.92 Å². The average Bonchev–Trinajstić information content (AvgIpc) is 2.39. The molecule has 2 rings (SSSR count). The Kier molecular flexibility index (Phi) is 4.75. The highest BCUT2D eigenvalue weighted by atomic mass is 79.9. The van der Waals surface area contributed by atoms with Crippen LogP contribution in [0.2, 0.25) is 0 Å². The standard InChI is InChI=1S/C12H17BrN2O2S/c13-12-6-2-1-4-10(12)8-15-18(16,17)11-5-3-7-14-9-11/h3,5,7,9-10,12,15H,1-2,4,6,8H2. The zero-order valence-electron chi connectivity index (χ0n) is 10.0. The first kappa shape index (κ1) is 14.0. The number of nitrogens with zero attached hydrogens (tertiary/aromatic N) is 1. The minimum Gasteiger partial charge on any atom is -0.263 e. The van der Waals surface area contributed by atoms with E-state index in [1.54, 1.807) is 18.3 Å². The van der Waals surface area contributed by atoms with Crippen LogP contribution < -0.4 is 4.72 Å². The molecule has 0 saturated heterocycles. The van der Waals surface area contributed by atoms with Crippen LogP contribution in [-0.2, 0) is 10.0 Å². The predicted octanol–water partition coefficient (Wildman–Crippen LogP) is 2.31. The first-order chi connectivity index (χ1) is 8.59. The molecular formula is C12H17BrN2O2S. The van der Waals surface area contributed by atoms with Gasteiger partial charge >= 0.3 is 0 Å². The van der Waals surface area contributed by atoms with Crippen molar-refractivity contribution >= 4 is 26.0 Å². The number of hydrogen-bond acceptors (Lipinski definition) is 3. The summed E-state index contributed by atoms with van der Waals surface area (Å²) in [7, 11) is -3.42. The van der Waals surface area contributed by atoms with Gasteiger partial charge in [-0.25, -0.2) is 13.1 Å². The average molecular weight is 333 g/mol. The summed E-state index contributed by atoms with van der Waals surface area (Å²) < 4.78 is 26.7. The second-order valence-corrected chi connectivity index (χ2v) is 7.54. The second-order valence-electron chi connectivity index (χ2n) is 4.60.